The number of piperazine rings is 1. The molecule has 25 heavy (non-hydrogen) atoms. The van der Waals surface area contributed by atoms with Crippen LogP contribution in [0.15, 0.2) is 24.3 Å². The third-order valence-corrected chi connectivity index (χ3v) is 5.07. The van der Waals surface area contributed by atoms with Crippen LogP contribution in [-0.2, 0) is 0 Å². The van der Waals surface area contributed by atoms with Crippen LogP contribution in [0.1, 0.15) is 0 Å². The Morgan fingerprint density at radius 3 is 2.64 bits per heavy atom. The molecule has 10 heteroatoms. The molecule has 0 amide bonds. The van der Waals surface area contributed by atoms with Crippen molar-refractivity contribution in [3.05, 3.63) is 24.3 Å². The van der Waals surface area contributed by atoms with Gasteiger partial charge in [0.15, 0.2) is 5.01 Å². The van der Waals surface area contributed by atoms with Gasteiger partial charge < -0.3 is 20.6 Å². The molecule has 9 nitrogen and oxygen atoms in total. The number of likely N-dealkylation sites (N-methyl/N-ethyl adjacent to an activating group) is 1. The monoisotopic (exact) mass is 358 g/mol. The van der Waals surface area contributed by atoms with E-state index in [9.17, 15) is 5.11 Å². The summed E-state index contributed by atoms with van der Waals surface area (Å²) in [5.41, 5.74) is 6.66. The number of aromatic hydroxyl groups is 1. The van der Waals surface area contributed by atoms with Crippen LogP contribution in [0.3, 0.4) is 0 Å². The van der Waals surface area contributed by atoms with Gasteiger partial charge in [-0.1, -0.05) is 23.5 Å². The van der Waals surface area contributed by atoms with Crippen molar-refractivity contribution >= 4 is 23.2 Å². The number of anilines is 2. The van der Waals surface area contributed by atoms with E-state index < -0.39 is 0 Å². The molecular weight excluding hydrogens is 340 g/mol. The maximum atomic E-state index is 9.96. The predicted octanol–water partition coefficient (Wildman–Crippen LogP) is 0.825. The van der Waals surface area contributed by atoms with Crippen LogP contribution in [0.25, 0.3) is 15.7 Å². The molecule has 1 aliphatic heterocycles. The Morgan fingerprint density at radius 2 is 1.88 bits per heavy atom. The molecule has 1 saturated heterocycles. The molecule has 0 saturated carbocycles. The zero-order valence-electron chi connectivity index (χ0n) is 13.7. The second-order valence-electron chi connectivity index (χ2n) is 5.88. The van der Waals surface area contributed by atoms with E-state index in [-0.39, 0.29) is 11.7 Å². The fourth-order valence-electron chi connectivity index (χ4n) is 2.66. The lowest BCUT2D eigenvalue weighted by atomic mass is 10.2. The van der Waals surface area contributed by atoms with Crippen molar-refractivity contribution < 1.29 is 5.11 Å². The molecule has 0 unspecified atom stereocenters. The fraction of sp³-hybridized carbons (Fsp3) is 0.333. The van der Waals surface area contributed by atoms with Crippen LogP contribution >= 0.6 is 11.3 Å². The summed E-state index contributed by atoms with van der Waals surface area (Å²) < 4.78 is 1.49. The van der Waals surface area contributed by atoms with Gasteiger partial charge in [-0.05, 0) is 19.2 Å². The number of aromatic nitrogens is 5. The van der Waals surface area contributed by atoms with E-state index >= 15 is 0 Å². The minimum atomic E-state index is 0.162. The van der Waals surface area contributed by atoms with Gasteiger partial charge in [-0.15, -0.1) is 15.3 Å². The number of nitrogens with two attached hydrogens (primary N) is 1. The molecule has 3 heterocycles. The molecule has 1 aliphatic rings. The van der Waals surface area contributed by atoms with E-state index in [0.29, 0.717) is 21.7 Å². The average molecular weight is 358 g/mol. The molecular formula is C15H18N8OS. The number of benzene rings is 1. The summed E-state index contributed by atoms with van der Waals surface area (Å²) in [5, 5.41) is 23.9. The van der Waals surface area contributed by atoms with Gasteiger partial charge in [0.2, 0.25) is 17.0 Å². The number of rotatable bonds is 3. The van der Waals surface area contributed by atoms with Crippen molar-refractivity contribution in [2.75, 3.05) is 43.9 Å². The first-order valence-corrected chi connectivity index (χ1v) is 8.72. The molecule has 1 aromatic carbocycles. The number of nitrogen functional groups attached to an aromatic ring is 1. The first-order valence-electron chi connectivity index (χ1n) is 7.90. The Kier molecular flexibility index (Phi) is 3.98. The Labute approximate surface area is 148 Å². The summed E-state index contributed by atoms with van der Waals surface area (Å²) in [6.07, 6.45) is 0. The third-order valence-electron chi connectivity index (χ3n) is 4.14. The lowest BCUT2D eigenvalue weighted by molar-refractivity contribution is 0.311. The molecule has 1 fully saturated rings. The molecule has 4 rings (SSSR count). The third kappa shape index (κ3) is 3.01. The summed E-state index contributed by atoms with van der Waals surface area (Å²) in [6.45, 7) is 3.65. The predicted molar refractivity (Wildman–Crippen MR) is 96.0 cm³/mol. The van der Waals surface area contributed by atoms with Crippen molar-refractivity contribution in [1.82, 2.24) is 29.9 Å². The van der Waals surface area contributed by atoms with Gasteiger partial charge in [0.05, 0.1) is 5.56 Å². The summed E-state index contributed by atoms with van der Waals surface area (Å²) >= 11 is 1.30. The van der Waals surface area contributed by atoms with Crippen LogP contribution in [0.4, 0.5) is 11.9 Å². The highest BCUT2D eigenvalue weighted by Crippen LogP contribution is 2.32. The van der Waals surface area contributed by atoms with Crippen molar-refractivity contribution in [3.8, 4) is 21.5 Å². The average Bonchev–Trinajstić information content (AvgIpc) is 3.23. The molecule has 2 aromatic heterocycles. The van der Waals surface area contributed by atoms with Crippen molar-refractivity contribution in [2.45, 2.75) is 0 Å². The minimum absolute atomic E-state index is 0.162. The zero-order chi connectivity index (χ0) is 17.4. The Bertz CT molecular complexity index is 883. The molecule has 3 N–H and O–H groups in total. The summed E-state index contributed by atoms with van der Waals surface area (Å²) in [5.74, 6) is 1.04. The highest BCUT2D eigenvalue weighted by atomic mass is 32.1. The van der Waals surface area contributed by atoms with Crippen LogP contribution in [0, 0.1) is 0 Å². The Balaban J connectivity index is 1.62. The minimum Gasteiger partial charge on any atom is -0.507 e. The van der Waals surface area contributed by atoms with Gasteiger partial charge in [0.1, 0.15) is 5.75 Å². The first-order chi connectivity index (χ1) is 12.1. The van der Waals surface area contributed by atoms with E-state index in [1.807, 2.05) is 6.07 Å². The van der Waals surface area contributed by atoms with E-state index in [1.165, 1.54) is 16.0 Å². The van der Waals surface area contributed by atoms with Gasteiger partial charge in [-0.3, -0.25) is 0 Å². The SMILES string of the molecule is CN1CCN(c2nc(N)n(-c3nnc(-c4ccccc4O)s3)n2)CC1. The lowest BCUT2D eigenvalue weighted by Gasteiger charge is -2.31. The number of nitrogens with zero attached hydrogens (tertiary/aromatic N) is 7. The second kappa shape index (κ2) is 6.30. The number of phenolic OH excluding ortho intramolecular Hbond substituents is 1. The number of para-hydroxylation sites is 1. The number of hydrogen-bond acceptors (Lipinski definition) is 9. The molecule has 0 bridgehead atoms. The van der Waals surface area contributed by atoms with Gasteiger partial charge in [-0.2, -0.15) is 9.67 Å². The van der Waals surface area contributed by atoms with Gasteiger partial charge in [0.25, 0.3) is 0 Å². The fourth-order valence-corrected chi connectivity index (χ4v) is 3.50. The zero-order valence-corrected chi connectivity index (χ0v) is 14.5. The Hall–Kier alpha value is -2.72. The van der Waals surface area contributed by atoms with Crippen molar-refractivity contribution in [3.63, 3.8) is 0 Å². The quantitative estimate of drug-likeness (QED) is 0.708. The number of phenols is 1. The topological polar surface area (TPSA) is 109 Å². The molecule has 130 valence electrons. The van der Waals surface area contributed by atoms with E-state index in [4.69, 9.17) is 5.73 Å². The number of hydrogen-bond donors (Lipinski definition) is 2. The summed E-state index contributed by atoms with van der Waals surface area (Å²) in [4.78, 5) is 8.73. The van der Waals surface area contributed by atoms with Gasteiger partial charge >= 0.3 is 0 Å². The van der Waals surface area contributed by atoms with E-state index in [0.717, 1.165) is 26.2 Å². The highest BCUT2D eigenvalue weighted by Gasteiger charge is 2.21. The second-order valence-corrected chi connectivity index (χ2v) is 6.84. The highest BCUT2D eigenvalue weighted by molar-refractivity contribution is 7.17. The van der Waals surface area contributed by atoms with E-state index in [1.54, 1.807) is 18.2 Å². The van der Waals surface area contributed by atoms with Crippen molar-refractivity contribution in [1.29, 1.82) is 0 Å². The van der Waals surface area contributed by atoms with Crippen LogP contribution in [0.5, 0.6) is 5.75 Å². The molecule has 0 radical (unpaired) electrons. The molecule has 3 aromatic rings. The standard InChI is InChI=1S/C15H18N8OS/c1-21-6-8-22(9-7-21)14-17-13(16)23(20-14)15-19-18-12(25-15)10-4-2-3-5-11(10)24/h2-5,24H,6-9H2,1H3,(H2,16,17,20). The summed E-state index contributed by atoms with van der Waals surface area (Å²) in [7, 11) is 2.10. The van der Waals surface area contributed by atoms with Gasteiger partial charge in [-0.25, -0.2) is 0 Å². The lowest BCUT2D eigenvalue weighted by Crippen LogP contribution is -2.45. The molecule has 0 spiro atoms. The van der Waals surface area contributed by atoms with Crippen molar-refractivity contribution in [2.24, 2.45) is 0 Å². The van der Waals surface area contributed by atoms with Crippen LogP contribution in [-0.4, -0.2) is 68.2 Å². The summed E-state index contributed by atoms with van der Waals surface area (Å²) in [6, 6.07) is 7.01. The maximum absolute atomic E-state index is 9.96. The van der Waals surface area contributed by atoms with Crippen LogP contribution < -0.4 is 10.6 Å². The molecule has 0 aliphatic carbocycles. The van der Waals surface area contributed by atoms with E-state index in [2.05, 4.69) is 37.1 Å². The van der Waals surface area contributed by atoms with Crippen LogP contribution in [0.2, 0.25) is 0 Å². The Morgan fingerprint density at radius 1 is 1.12 bits per heavy atom. The van der Waals surface area contributed by atoms with Gasteiger partial charge in [0, 0.05) is 26.2 Å². The smallest absolute Gasteiger partial charge is 0.247 e. The molecule has 0 atom stereocenters. The normalized spacial score (nSPS) is 15.6. The first kappa shape index (κ1) is 15.8. The maximum Gasteiger partial charge on any atom is 0.247 e. The largest absolute Gasteiger partial charge is 0.507 e.